The summed E-state index contributed by atoms with van der Waals surface area (Å²) in [5.74, 6) is -0.107. The lowest BCUT2D eigenvalue weighted by molar-refractivity contribution is -0.115. The summed E-state index contributed by atoms with van der Waals surface area (Å²) in [4.78, 5) is 10.9. The predicted molar refractivity (Wildman–Crippen MR) is 64.9 cm³/mol. The molecule has 1 amide bonds. The van der Waals surface area contributed by atoms with Gasteiger partial charge < -0.3 is 5.32 Å². The van der Waals surface area contributed by atoms with Crippen LogP contribution in [0, 0.1) is 0 Å². The number of carbonyl (C=O) groups is 1. The van der Waals surface area contributed by atoms with Gasteiger partial charge in [0.05, 0.1) is 0 Å². The van der Waals surface area contributed by atoms with Crippen molar-refractivity contribution in [1.82, 2.24) is 5.32 Å². The Morgan fingerprint density at radius 3 is 2.64 bits per heavy atom. The van der Waals surface area contributed by atoms with Gasteiger partial charge in [-0.3, -0.25) is 4.79 Å². The molecule has 0 aliphatic carbocycles. The maximum absolute atomic E-state index is 10.9. The molecular formula is C10H9Br2NO. The molecule has 2 nitrogen and oxygen atoms in total. The normalized spacial score (nSPS) is 10.5. The van der Waals surface area contributed by atoms with E-state index >= 15 is 0 Å². The maximum atomic E-state index is 10.9. The molecule has 0 unspecified atom stereocenters. The number of rotatable bonds is 2. The van der Waals surface area contributed by atoms with Crippen LogP contribution in [0.4, 0.5) is 0 Å². The minimum Gasteiger partial charge on any atom is -0.356 e. The molecule has 0 saturated carbocycles. The second-order valence-electron chi connectivity index (χ2n) is 2.62. The van der Waals surface area contributed by atoms with Crippen molar-refractivity contribution < 1.29 is 4.79 Å². The molecule has 0 bridgehead atoms. The smallest absolute Gasteiger partial charge is 0.243 e. The van der Waals surface area contributed by atoms with Gasteiger partial charge in [-0.1, -0.05) is 6.07 Å². The Morgan fingerprint density at radius 1 is 1.36 bits per heavy atom. The molecule has 1 N–H and O–H groups in total. The number of carbonyl (C=O) groups excluding carboxylic acids is 1. The fourth-order valence-electron chi connectivity index (χ4n) is 0.871. The second kappa shape index (κ2) is 5.32. The van der Waals surface area contributed by atoms with E-state index in [1.54, 1.807) is 13.1 Å². The van der Waals surface area contributed by atoms with Crippen molar-refractivity contribution in [2.75, 3.05) is 7.05 Å². The Balaban J connectivity index is 2.83. The molecule has 74 valence electrons. The van der Waals surface area contributed by atoms with E-state index in [1.165, 1.54) is 6.08 Å². The Labute approximate surface area is 99.6 Å². The zero-order chi connectivity index (χ0) is 10.6. The zero-order valence-corrected chi connectivity index (χ0v) is 10.7. The monoisotopic (exact) mass is 317 g/mol. The van der Waals surface area contributed by atoms with E-state index in [1.807, 2.05) is 18.2 Å². The first-order chi connectivity index (χ1) is 6.63. The van der Waals surface area contributed by atoms with Crippen molar-refractivity contribution in [2.45, 2.75) is 0 Å². The third-order valence-electron chi connectivity index (χ3n) is 1.62. The second-order valence-corrected chi connectivity index (χ2v) is 4.33. The van der Waals surface area contributed by atoms with Crippen LogP contribution >= 0.6 is 31.9 Å². The Hall–Kier alpha value is -0.610. The molecule has 0 aromatic heterocycles. The summed E-state index contributed by atoms with van der Waals surface area (Å²) in [5, 5.41) is 2.51. The Morgan fingerprint density at radius 2 is 2.07 bits per heavy atom. The van der Waals surface area contributed by atoms with Crippen LogP contribution in [0.1, 0.15) is 5.56 Å². The number of likely N-dealkylation sites (N-methyl/N-ethyl adjacent to an activating group) is 1. The van der Waals surface area contributed by atoms with E-state index in [0.717, 1.165) is 14.5 Å². The molecule has 0 atom stereocenters. The van der Waals surface area contributed by atoms with Gasteiger partial charge in [-0.15, -0.1) is 0 Å². The van der Waals surface area contributed by atoms with Gasteiger partial charge in [0, 0.05) is 22.1 Å². The fourth-order valence-corrected chi connectivity index (χ4v) is 1.51. The third kappa shape index (κ3) is 3.27. The fraction of sp³-hybridized carbons (Fsp3) is 0.100. The largest absolute Gasteiger partial charge is 0.356 e. The highest BCUT2D eigenvalue weighted by molar-refractivity contribution is 9.13. The van der Waals surface area contributed by atoms with E-state index < -0.39 is 0 Å². The van der Waals surface area contributed by atoms with Gasteiger partial charge in [0.1, 0.15) is 0 Å². The van der Waals surface area contributed by atoms with Crippen molar-refractivity contribution in [3.8, 4) is 0 Å². The quantitative estimate of drug-likeness (QED) is 0.835. The van der Waals surface area contributed by atoms with Crippen molar-refractivity contribution in [2.24, 2.45) is 0 Å². The molecule has 0 fully saturated rings. The molecule has 0 radical (unpaired) electrons. The van der Waals surface area contributed by atoms with Crippen molar-refractivity contribution in [1.29, 1.82) is 0 Å². The molecule has 1 rings (SSSR count). The summed E-state index contributed by atoms with van der Waals surface area (Å²) in [5.41, 5.74) is 0.976. The number of benzene rings is 1. The van der Waals surface area contributed by atoms with Gasteiger partial charge in [-0.2, -0.15) is 0 Å². The summed E-state index contributed by atoms with van der Waals surface area (Å²) < 4.78 is 1.96. The minimum absolute atomic E-state index is 0.107. The van der Waals surface area contributed by atoms with Gasteiger partial charge in [-0.25, -0.2) is 0 Å². The van der Waals surface area contributed by atoms with Gasteiger partial charge in [0.25, 0.3) is 0 Å². The first-order valence-corrected chi connectivity index (χ1v) is 5.57. The average molecular weight is 319 g/mol. The van der Waals surface area contributed by atoms with Crippen molar-refractivity contribution >= 4 is 43.8 Å². The van der Waals surface area contributed by atoms with Crippen LogP contribution in [0.3, 0.4) is 0 Å². The molecule has 0 aliphatic heterocycles. The lowest BCUT2D eigenvalue weighted by atomic mass is 10.2. The summed E-state index contributed by atoms with van der Waals surface area (Å²) in [6, 6.07) is 5.78. The molecular weight excluding hydrogens is 310 g/mol. The third-order valence-corrected chi connectivity index (χ3v) is 3.50. The molecule has 4 heteroatoms. The molecule has 0 aliphatic rings. The lowest BCUT2D eigenvalue weighted by Gasteiger charge is -1.97. The van der Waals surface area contributed by atoms with Gasteiger partial charge in [0.2, 0.25) is 5.91 Å². The highest BCUT2D eigenvalue weighted by Gasteiger charge is 1.96. The summed E-state index contributed by atoms with van der Waals surface area (Å²) in [7, 11) is 1.60. The standard InChI is InChI=1S/C10H9Br2NO/c1-13-10(14)5-3-7-2-4-8(11)9(12)6-7/h2-6H,1H3,(H,13,14). The van der Waals surface area contributed by atoms with Crippen LogP contribution in [-0.2, 0) is 4.79 Å². The molecule has 0 saturated heterocycles. The maximum Gasteiger partial charge on any atom is 0.243 e. The Kier molecular flexibility index (Phi) is 4.35. The molecule has 14 heavy (non-hydrogen) atoms. The predicted octanol–water partition coefficient (Wildman–Crippen LogP) is 2.97. The molecule has 1 aromatic rings. The van der Waals surface area contributed by atoms with Crippen LogP contribution in [-0.4, -0.2) is 13.0 Å². The van der Waals surface area contributed by atoms with Crippen LogP contribution in [0.5, 0.6) is 0 Å². The van der Waals surface area contributed by atoms with E-state index in [0.29, 0.717) is 0 Å². The number of nitrogens with one attached hydrogen (secondary N) is 1. The van der Waals surface area contributed by atoms with Crippen molar-refractivity contribution in [3.63, 3.8) is 0 Å². The van der Waals surface area contributed by atoms with Crippen LogP contribution in [0.2, 0.25) is 0 Å². The molecule has 0 heterocycles. The summed E-state index contributed by atoms with van der Waals surface area (Å²) in [6.07, 6.45) is 3.26. The topological polar surface area (TPSA) is 29.1 Å². The first-order valence-electron chi connectivity index (χ1n) is 3.98. The van der Waals surface area contributed by atoms with E-state index in [4.69, 9.17) is 0 Å². The van der Waals surface area contributed by atoms with E-state index in [9.17, 15) is 4.79 Å². The lowest BCUT2D eigenvalue weighted by Crippen LogP contribution is -2.13. The molecule has 0 spiro atoms. The van der Waals surface area contributed by atoms with Gasteiger partial charge in [-0.05, 0) is 55.6 Å². The SMILES string of the molecule is CNC(=O)C=Cc1ccc(Br)c(Br)c1. The average Bonchev–Trinajstić information content (AvgIpc) is 2.19. The number of hydrogen-bond acceptors (Lipinski definition) is 1. The minimum atomic E-state index is -0.107. The van der Waals surface area contributed by atoms with E-state index in [2.05, 4.69) is 37.2 Å². The number of amides is 1. The van der Waals surface area contributed by atoms with Crippen LogP contribution in [0.15, 0.2) is 33.2 Å². The summed E-state index contributed by atoms with van der Waals surface area (Å²) in [6.45, 7) is 0. The molecule has 1 aromatic carbocycles. The Bertz CT molecular complexity index is 374. The highest BCUT2D eigenvalue weighted by atomic mass is 79.9. The van der Waals surface area contributed by atoms with E-state index in [-0.39, 0.29) is 5.91 Å². The van der Waals surface area contributed by atoms with Crippen LogP contribution in [0.25, 0.3) is 6.08 Å². The summed E-state index contributed by atoms with van der Waals surface area (Å²) >= 11 is 6.76. The highest BCUT2D eigenvalue weighted by Crippen LogP contribution is 2.24. The van der Waals surface area contributed by atoms with Gasteiger partial charge in [0.15, 0.2) is 0 Å². The first kappa shape index (κ1) is 11.5. The number of halogens is 2. The zero-order valence-electron chi connectivity index (χ0n) is 7.55. The number of hydrogen-bond donors (Lipinski definition) is 1. The van der Waals surface area contributed by atoms with Crippen molar-refractivity contribution in [3.05, 3.63) is 38.8 Å². The van der Waals surface area contributed by atoms with Crippen LogP contribution < -0.4 is 5.32 Å². The van der Waals surface area contributed by atoms with Gasteiger partial charge >= 0.3 is 0 Å².